The topological polar surface area (TPSA) is 49.8 Å². The highest BCUT2D eigenvalue weighted by Gasteiger charge is 2.56. The standard InChI is InChI=1S/C10H18N2/c1-4-5-10(12,7-11)8-6-9(8,2)3/h8H,4-6,12H2,1-3H3. The molecule has 0 saturated heterocycles. The van der Waals surface area contributed by atoms with E-state index in [9.17, 15) is 0 Å². The van der Waals surface area contributed by atoms with Gasteiger partial charge in [-0.1, -0.05) is 27.2 Å². The van der Waals surface area contributed by atoms with Gasteiger partial charge in [0.1, 0.15) is 5.54 Å². The van der Waals surface area contributed by atoms with Crippen LogP contribution in [0.15, 0.2) is 0 Å². The van der Waals surface area contributed by atoms with Gasteiger partial charge >= 0.3 is 0 Å². The molecule has 0 aromatic rings. The highest BCUT2D eigenvalue weighted by atomic mass is 14.8. The molecule has 1 aliphatic carbocycles. The summed E-state index contributed by atoms with van der Waals surface area (Å²) in [5.41, 5.74) is 5.78. The van der Waals surface area contributed by atoms with Gasteiger partial charge in [0.05, 0.1) is 6.07 Å². The first kappa shape index (κ1) is 9.54. The molecule has 0 bridgehead atoms. The van der Waals surface area contributed by atoms with Gasteiger partial charge in [0.15, 0.2) is 0 Å². The van der Waals surface area contributed by atoms with Gasteiger partial charge in [-0.25, -0.2) is 0 Å². The Morgan fingerprint density at radius 2 is 2.17 bits per heavy atom. The Balaban J connectivity index is 2.65. The Kier molecular flexibility index (Phi) is 2.18. The summed E-state index contributed by atoms with van der Waals surface area (Å²) in [6.45, 7) is 6.45. The van der Waals surface area contributed by atoms with Gasteiger partial charge < -0.3 is 5.73 Å². The smallest absolute Gasteiger partial charge is 0.107 e. The van der Waals surface area contributed by atoms with E-state index in [0.717, 1.165) is 19.3 Å². The second-order valence-electron chi connectivity index (χ2n) is 4.65. The fourth-order valence-electron chi connectivity index (χ4n) is 2.07. The molecule has 0 heterocycles. The van der Waals surface area contributed by atoms with Crippen LogP contribution in [0.3, 0.4) is 0 Å². The Morgan fingerprint density at radius 1 is 1.67 bits per heavy atom. The molecule has 2 nitrogen and oxygen atoms in total. The molecule has 1 saturated carbocycles. The summed E-state index contributed by atoms with van der Waals surface area (Å²) >= 11 is 0. The molecule has 0 aliphatic heterocycles. The average molecular weight is 166 g/mol. The molecular weight excluding hydrogens is 148 g/mol. The number of nitrogens with zero attached hydrogens (tertiary/aromatic N) is 1. The predicted octanol–water partition coefficient (Wildman–Crippen LogP) is 2.05. The van der Waals surface area contributed by atoms with Crippen LogP contribution in [0.2, 0.25) is 0 Å². The van der Waals surface area contributed by atoms with E-state index in [0.29, 0.717) is 11.3 Å². The molecule has 0 spiro atoms. The third kappa shape index (κ3) is 1.47. The molecule has 0 aromatic carbocycles. The zero-order valence-electron chi connectivity index (χ0n) is 8.22. The summed E-state index contributed by atoms with van der Waals surface area (Å²) in [5.74, 6) is 0.412. The summed E-state index contributed by atoms with van der Waals surface area (Å²) in [6.07, 6.45) is 2.94. The van der Waals surface area contributed by atoms with E-state index < -0.39 is 5.54 Å². The van der Waals surface area contributed by atoms with E-state index in [1.165, 1.54) is 0 Å². The summed E-state index contributed by atoms with van der Waals surface area (Å²) in [7, 11) is 0. The van der Waals surface area contributed by atoms with Crippen molar-refractivity contribution in [2.45, 2.75) is 45.6 Å². The van der Waals surface area contributed by atoms with E-state index in [2.05, 4.69) is 26.8 Å². The summed E-state index contributed by atoms with van der Waals surface area (Å²) < 4.78 is 0. The van der Waals surface area contributed by atoms with Crippen molar-refractivity contribution >= 4 is 0 Å². The minimum atomic E-state index is -0.557. The lowest BCUT2D eigenvalue weighted by Crippen LogP contribution is -2.41. The fraction of sp³-hybridized carbons (Fsp3) is 0.900. The Hall–Kier alpha value is -0.550. The van der Waals surface area contributed by atoms with Crippen LogP contribution < -0.4 is 5.73 Å². The number of hydrogen-bond donors (Lipinski definition) is 1. The Bertz CT molecular complexity index is 214. The molecule has 1 fully saturated rings. The van der Waals surface area contributed by atoms with Gasteiger partial charge in [0.25, 0.3) is 0 Å². The maximum absolute atomic E-state index is 8.98. The number of hydrogen-bond acceptors (Lipinski definition) is 2. The maximum atomic E-state index is 8.98. The second kappa shape index (κ2) is 2.74. The average Bonchev–Trinajstić information content (AvgIpc) is 2.61. The summed E-state index contributed by atoms with van der Waals surface area (Å²) in [5, 5.41) is 8.98. The molecule has 2 atom stereocenters. The Morgan fingerprint density at radius 3 is 2.42 bits per heavy atom. The van der Waals surface area contributed by atoms with Crippen molar-refractivity contribution < 1.29 is 0 Å². The third-order valence-corrected chi connectivity index (χ3v) is 3.01. The molecule has 0 radical (unpaired) electrons. The number of nitrogens with two attached hydrogens (primary N) is 1. The van der Waals surface area contributed by atoms with Crippen LogP contribution in [0.5, 0.6) is 0 Å². The van der Waals surface area contributed by atoms with Crippen molar-refractivity contribution in [3.05, 3.63) is 0 Å². The molecule has 1 rings (SSSR count). The monoisotopic (exact) mass is 166 g/mol. The van der Waals surface area contributed by atoms with Gasteiger partial charge in [0, 0.05) is 0 Å². The van der Waals surface area contributed by atoms with Crippen molar-refractivity contribution in [2.24, 2.45) is 17.1 Å². The third-order valence-electron chi connectivity index (χ3n) is 3.01. The van der Waals surface area contributed by atoms with Crippen LogP contribution in [0.1, 0.15) is 40.0 Å². The zero-order valence-corrected chi connectivity index (χ0v) is 8.22. The van der Waals surface area contributed by atoms with Crippen molar-refractivity contribution in [1.82, 2.24) is 0 Å². The maximum Gasteiger partial charge on any atom is 0.107 e. The molecule has 68 valence electrons. The van der Waals surface area contributed by atoms with Crippen LogP contribution >= 0.6 is 0 Å². The zero-order chi connectivity index (χ0) is 9.41. The minimum absolute atomic E-state index is 0.305. The SMILES string of the molecule is CCCC(N)(C#N)C1CC1(C)C. The first-order valence-electron chi connectivity index (χ1n) is 4.66. The number of nitriles is 1. The molecule has 0 amide bonds. The quantitative estimate of drug-likeness (QED) is 0.697. The lowest BCUT2D eigenvalue weighted by atomic mass is 9.87. The predicted molar refractivity (Wildman–Crippen MR) is 49.3 cm³/mol. The van der Waals surface area contributed by atoms with Crippen molar-refractivity contribution in [3.63, 3.8) is 0 Å². The first-order valence-corrected chi connectivity index (χ1v) is 4.66. The van der Waals surface area contributed by atoms with E-state index in [-0.39, 0.29) is 0 Å². The lowest BCUT2D eigenvalue weighted by molar-refractivity contribution is 0.376. The highest BCUT2D eigenvalue weighted by molar-refractivity contribution is 5.19. The van der Waals surface area contributed by atoms with Crippen molar-refractivity contribution in [2.75, 3.05) is 0 Å². The van der Waals surface area contributed by atoms with Crippen LogP contribution in [0, 0.1) is 22.7 Å². The summed E-state index contributed by atoms with van der Waals surface area (Å²) in [4.78, 5) is 0. The van der Waals surface area contributed by atoms with Gasteiger partial charge in [-0.05, 0) is 24.2 Å². The minimum Gasteiger partial charge on any atom is -0.313 e. The van der Waals surface area contributed by atoms with Gasteiger partial charge in [-0.2, -0.15) is 5.26 Å². The van der Waals surface area contributed by atoms with Gasteiger partial charge in [-0.15, -0.1) is 0 Å². The molecule has 2 N–H and O–H groups in total. The van der Waals surface area contributed by atoms with Crippen LogP contribution in [0.25, 0.3) is 0 Å². The van der Waals surface area contributed by atoms with Crippen LogP contribution in [0.4, 0.5) is 0 Å². The largest absolute Gasteiger partial charge is 0.313 e. The normalized spacial score (nSPS) is 30.4. The van der Waals surface area contributed by atoms with E-state index in [1.54, 1.807) is 0 Å². The molecular formula is C10H18N2. The molecule has 12 heavy (non-hydrogen) atoms. The van der Waals surface area contributed by atoms with E-state index in [1.807, 2.05) is 0 Å². The number of rotatable bonds is 3. The summed E-state index contributed by atoms with van der Waals surface area (Å²) in [6, 6.07) is 2.27. The first-order chi connectivity index (χ1) is 5.46. The van der Waals surface area contributed by atoms with E-state index >= 15 is 0 Å². The van der Waals surface area contributed by atoms with E-state index in [4.69, 9.17) is 11.0 Å². The lowest BCUT2D eigenvalue weighted by Gasteiger charge is -2.22. The molecule has 2 heteroatoms. The molecule has 1 aliphatic rings. The molecule has 2 unspecified atom stereocenters. The van der Waals surface area contributed by atoms with Gasteiger partial charge in [0.2, 0.25) is 0 Å². The Labute approximate surface area is 74.8 Å². The fourth-order valence-corrected chi connectivity index (χ4v) is 2.07. The van der Waals surface area contributed by atoms with Gasteiger partial charge in [-0.3, -0.25) is 0 Å². The second-order valence-corrected chi connectivity index (χ2v) is 4.65. The van der Waals surface area contributed by atoms with Crippen molar-refractivity contribution in [1.29, 1.82) is 5.26 Å². The molecule has 0 aromatic heterocycles. The van der Waals surface area contributed by atoms with Crippen LogP contribution in [-0.2, 0) is 0 Å². The highest BCUT2D eigenvalue weighted by Crippen LogP contribution is 2.57. The van der Waals surface area contributed by atoms with Crippen molar-refractivity contribution in [3.8, 4) is 6.07 Å². The van der Waals surface area contributed by atoms with Crippen LogP contribution in [-0.4, -0.2) is 5.54 Å².